The lowest BCUT2D eigenvalue weighted by Crippen LogP contribution is -2.08. The summed E-state index contributed by atoms with van der Waals surface area (Å²) in [6.07, 6.45) is 2.17. The molecule has 0 spiro atoms. The summed E-state index contributed by atoms with van der Waals surface area (Å²) < 4.78 is 22.1. The van der Waals surface area contributed by atoms with Crippen LogP contribution in [-0.4, -0.2) is 19.9 Å². The first-order valence-corrected chi connectivity index (χ1v) is 11.4. The highest BCUT2D eigenvalue weighted by Gasteiger charge is 2.25. The molecule has 5 rings (SSSR count). The smallest absolute Gasteiger partial charge is 0.307 e. The summed E-state index contributed by atoms with van der Waals surface area (Å²) in [6.45, 7) is 2.05. The number of ether oxygens (including phenoxy) is 4. The number of aryl methyl sites for hydroxylation is 1. The van der Waals surface area contributed by atoms with Crippen LogP contribution in [0.15, 0.2) is 60.7 Å². The first-order valence-electron chi connectivity index (χ1n) is 11.4. The van der Waals surface area contributed by atoms with Gasteiger partial charge in [-0.25, -0.2) is 0 Å². The highest BCUT2D eigenvalue weighted by atomic mass is 16.7. The van der Waals surface area contributed by atoms with Crippen molar-refractivity contribution in [2.45, 2.75) is 38.2 Å². The average molecular weight is 455 g/mol. The number of fused-ring (bicyclic) bond motifs is 2. The number of rotatable bonds is 6. The van der Waals surface area contributed by atoms with Crippen molar-refractivity contribution in [1.82, 2.24) is 0 Å². The highest BCUT2D eigenvalue weighted by Crippen LogP contribution is 2.40. The molecule has 1 unspecified atom stereocenters. The Bertz CT molecular complexity index is 1270. The average Bonchev–Trinajstić information content (AvgIpc) is 3.50. The topological polar surface area (TPSA) is 54.0 Å². The molecule has 0 aromatic heterocycles. The van der Waals surface area contributed by atoms with E-state index >= 15 is 0 Å². The molecule has 3 aromatic rings. The second-order valence-corrected chi connectivity index (χ2v) is 8.42. The molecule has 3 aromatic carbocycles. The summed E-state index contributed by atoms with van der Waals surface area (Å²) >= 11 is 0. The number of hydrogen-bond acceptors (Lipinski definition) is 5. The molecule has 0 amide bonds. The van der Waals surface area contributed by atoms with Gasteiger partial charge in [0.2, 0.25) is 6.79 Å². The second kappa shape index (κ2) is 9.52. The summed E-state index contributed by atoms with van der Waals surface area (Å²) in [7, 11) is 1.40. The molecule has 1 aliphatic heterocycles. The number of esters is 1. The molecule has 5 nitrogen and oxygen atoms in total. The second-order valence-electron chi connectivity index (χ2n) is 8.42. The Balaban J connectivity index is 1.29. The van der Waals surface area contributed by atoms with Gasteiger partial charge in [-0.05, 0) is 71.8 Å². The summed E-state index contributed by atoms with van der Waals surface area (Å²) in [5, 5.41) is 0. The van der Waals surface area contributed by atoms with Crippen LogP contribution in [-0.2, 0) is 16.0 Å². The molecule has 0 bridgehead atoms. The van der Waals surface area contributed by atoms with Crippen LogP contribution in [0.25, 0.3) is 11.1 Å². The van der Waals surface area contributed by atoms with E-state index in [0.717, 1.165) is 46.8 Å². The molecule has 172 valence electrons. The van der Waals surface area contributed by atoms with Crippen LogP contribution >= 0.6 is 0 Å². The predicted molar refractivity (Wildman–Crippen MR) is 129 cm³/mol. The lowest BCUT2D eigenvalue weighted by atomic mass is 9.96. The van der Waals surface area contributed by atoms with Crippen molar-refractivity contribution in [3.05, 3.63) is 77.4 Å². The van der Waals surface area contributed by atoms with Crippen molar-refractivity contribution in [1.29, 1.82) is 0 Å². The van der Waals surface area contributed by atoms with Gasteiger partial charge in [-0.2, -0.15) is 0 Å². The number of hydrogen-bond donors (Lipinski definition) is 0. The fraction of sp³-hybridized carbons (Fsp3) is 0.276. The molecule has 1 heterocycles. The number of carbonyl (C=O) groups is 1. The van der Waals surface area contributed by atoms with E-state index in [4.69, 9.17) is 18.9 Å². The van der Waals surface area contributed by atoms with E-state index in [1.54, 1.807) is 6.92 Å². The van der Waals surface area contributed by atoms with Crippen LogP contribution in [0.5, 0.6) is 17.2 Å². The zero-order valence-electron chi connectivity index (χ0n) is 19.3. The van der Waals surface area contributed by atoms with Crippen molar-refractivity contribution in [3.8, 4) is 40.2 Å². The quantitative estimate of drug-likeness (QED) is 0.347. The Morgan fingerprint density at radius 2 is 1.79 bits per heavy atom. The lowest BCUT2D eigenvalue weighted by Gasteiger charge is -2.17. The normalized spacial score (nSPS) is 16.2. The first-order chi connectivity index (χ1) is 16.6. The summed E-state index contributed by atoms with van der Waals surface area (Å²) in [5.41, 5.74) is 5.80. The van der Waals surface area contributed by atoms with Gasteiger partial charge in [0.15, 0.2) is 11.5 Å². The Labute approximate surface area is 199 Å². The largest absolute Gasteiger partial charge is 0.486 e. The van der Waals surface area contributed by atoms with E-state index in [1.807, 2.05) is 36.4 Å². The van der Waals surface area contributed by atoms with Gasteiger partial charge in [-0.15, -0.1) is 5.92 Å². The summed E-state index contributed by atoms with van der Waals surface area (Å²) in [5.74, 6) is 7.94. The van der Waals surface area contributed by atoms with Gasteiger partial charge >= 0.3 is 5.97 Å². The van der Waals surface area contributed by atoms with Crippen molar-refractivity contribution >= 4 is 5.97 Å². The van der Waals surface area contributed by atoms with Crippen LogP contribution in [0.1, 0.15) is 48.5 Å². The fourth-order valence-electron chi connectivity index (χ4n) is 4.58. The van der Waals surface area contributed by atoms with E-state index in [1.165, 1.54) is 18.2 Å². The van der Waals surface area contributed by atoms with E-state index in [0.29, 0.717) is 0 Å². The van der Waals surface area contributed by atoms with Crippen LogP contribution in [0.3, 0.4) is 0 Å². The highest BCUT2D eigenvalue weighted by molar-refractivity contribution is 5.71. The molecule has 0 saturated heterocycles. The third kappa shape index (κ3) is 4.45. The minimum absolute atomic E-state index is 0.0213. The van der Waals surface area contributed by atoms with E-state index in [2.05, 4.69) is 36.1 Å². The minimum atomic E-state index is -0.268. The Hall–Kier alpha value is -3.91. The Morgan fingerprint density at radius 1 is 1.03 bits per heavy atom. The van der Waals surface area contributed by atoms with Crippen molar-refractivity contribution in [2.75, 3.05) is 13.9 Å². The standard InChI is InChI=1S/C29H26O5/c1-3-4-20(17-29(30)31-2)19-5-10-24(11-6-19)34-26-13-9-23-15-21(7-12-25(23)26)22-8-14-27-28(16-22)33-18-32-27/h5-8,10-12,14-16,20,26H,9,13,17-18H2,1-2H3/t20-,26?/m1/s1. The van der Waals surface area contributed by atoms with E-state index < -0.39 is 0 Å². The van der Waals surface area contributed by atoms with Crippen LogP contribution in [0.4, 0.5) is 0 Å². The molecule has 2 atom stereocenters. The van der Waals surface area contributed by atoms with Gasteiger partial charge in [-0.3, -0.25) is 4.79 Å². The molecule has 1 aliphatic carbocycles. The third-order valence-corrected chi connectivity index (χ3v) is 6.35. The molecule has 0 fully saturated rings. The van der Waals surface area contributed by atoms with Gasteiger partial charge in [0.05, 0.1) is 19.4 Å². The molecular weight excluding hydrogens is 428 g/mol. The lowest BCUT2D eigenvalue weighted by molar-refractivity contribution is -0.140. The zero-order valence-corrected chi connectivity index (χ0v) is 19.3. The van der Waals surface area contributed by atoms with Gasteiger partial charge < -0.3 is 18.9 Å². The fourth-order valence-corrected chi connectivity index (χ4v) is 4.58. The number of benzene rings is 3. The molecule has 0 radical (unpaired) electrons. The monoisotopic (exact) mass is 454 g/mol. The maximum atomic E-state index is 11.7. The maximum absolute atomic E-state index is 11.7. The summed E-state index contributed by atoms with van der Waals surface area (Å²) in [4.78, 5) is 11.7. The van der Waals surface area contributed by atoms with Crippen molar-refractivity contribution in [3.63, 3.8) is 0 Å². The van der Waals surface area contributed by atoms with Crippen LogP contribution in [0, 0.1) is 11.8 Å². The molecule has 34 heavy (non-hydrogen) atoms. The molecule has 0 N–H and O–H groups in total. The molecule has 0 saturated carbocycles. The summed E-state index contributed by atoms with van der Waals surface area (Å²) in [6, 6.07) is 20.5. The zero-order chi connectivity index (χ0) is 23.5. The predicted octanol–water partition coefficient (Wildman–Crippen LogP) is 5.82. The molecular formula is C29H26O5. The number of carbonyl (C=O) groups excluding carboxylic acids is 1. The van der Waals surface area contributed by atoms with E-state index in [-0.39, 0.29) is 31.2 Å². The molecule has 5 heteroatoms. The van der Waals surface area contributed by atoms with Crippen LogP contribution in [0.2, 0.25) is 0 Å². The Kier molecular flexibility index (Phi) is 6.14. The van der Waals surface area contributed by atoms with Crippen molar-refractivity contribution in [2.24, 2.45) is 0 Å². The molecule has 2 aliphatic rings. The third-order valence-electron chi connectivity index (χ3n) is 6.35. The first kappa shape index (κ1) is 21.9. The number of methoxy groups -OCH3 is 1. The van der Waals surface area contributed by atoms with Crippen LogP contribution < -0.4 is 14.2 Å². The van der Waals surface area contributed by atoms with Gasteiger partial charge in [0.1, 0.15) is 11.9 Å². The van der Waals surface area contributed by atoms with Gasteiger partial charge in [0.25, 0.3) is 0 Å². The van der Waals surface area contributed by atoms with Crippen molar-refractivity contribution < 1.29 is 23.7 Å². The SMILES string of the molecule is CC#C[C@H](CC(=O)OC)c1ccc(OC2CCc3cc(-c4ccc5c(c4)OCO5)ccc32)cc1. The van der Waals surface area contributed by atoms with Gasteiger partial charge in [-0.1, -0.05) is 42.3 Å². The maximum Gasteiger partial charge on any atom is 0.307 e. The van der Waals surface area contributed by atoms with Gasteiger partial charge in [0, 0.05) is 0 Å². The van der Waals surface area contributed by atoms with E-state index in [9.17, 15) is 4.79 Å². The Morgan fingerprint density at radius 3 is 2.59 bits per heavy atom. The minimum Gasteiger partial charge on any atom is -0.486 e.